The van der Waals surface area contributed by atoms with Gasteiger partial charge in [0.2, 0.25) is 0 Å². The Morgan fingerprint density at radius 1 is 0.441 bits per heavy atom. The van der Waals surface area contributed by atoms with Crippen LogP contribution in [0.25, 0.3) is 11.1 Å². The molecule has 2 heterocycles. The van der Waals surface area contributed by atoms with Gasteiger partial charge in [-0.1, -0.05) is 24.3 Å². The Morgan fingerprint density at radius 3 is 1.00 bits per heavy atom. The zero-order valence-corrected chi connectivity index (χ0v) is 17.5. The topological polar surface area (TPSA) is 111 Å². The minimum absolute atomic E-state index is 0.322. The molecule has 0 bridgehead atoms. The number of hydrogen-bond donors (Lipinski definition) is 2. The summed E-state index contributed by atoms with van der Waals surface area (Å²) in [7, 11) is 0. The number of amides is 4. The first-order valence-electron chi connectivity index (χ1n) is 10.3. The molecule has 0 atom stereocenters. The van der Waals surface area contributed by atoms with Crippen molar-refractivity contribution >= 4 is 34.8 Å². The monoisotopic (exact) mass is 452 g/mol. The highest BCUT2D eigenvalue weighted by atomic mass is 16.5. The fourth-order valence-corrected chi connectivity index (χ4v) is 3.51. The van der Waals surface area contributed by atoms with Gasteiger partial charge in [-0.15, -0.1) is 0 Å². The van der Waals surface area contributed by atoms with Gasteiger partial charge in [0.05, 0.1) is 11.1 Å². The molecule has 0 saturated heterocycles. The number of hydrogen-bond acceptors (Lipinski definition) is 6. The third-order valence-electron chi connectivity index (χ3n) is 5.14. The van der Waals surface area contributed by atoms with E-state index < -0.39 is 23.6 Å². The SMILES string of the molecule is O=C1C=C(c2ccc(Oc3ccc(Oc4ccc(C5=CC(=O)NC5=O)cc4)cc3)cc2)C(=O)N1. The van der Waals surface area contributed by atoms with Crippen molar-refractivity contribution in [2.24, 2.45) is 0 Å². The van der Waals surface area contributed by atoms with Gasteiger partial charge in [0.1, 0.15) is 23.0 Å². The van der Waals surface area contributed by atoms with Gasteiger partial charge in [-0.25, -0.2) is 0 Å². The number of ether oxygens (including phenoxy) is 2. The van der Waals surface area contributed by atoms with Crippen molar-refractivity contribution in [3.05, 3.63) is 96.1 Å². The molecule has 0 saturated carbocycles. The van der Waals surface area contributed by atoms with Crippen molar-refractivity contribution in [2.45, 2.75) is 0 Å². The summed E-state index contributed by atoms with van der Waals surface area (Å²) in [6, 6.07) is 20.7. The van der Waals surface area contributed by atoms with E-state index >= 15 is 0 Å². The fourth-order valence-electron chi connectivity index (χ4n) is 3.51. The van der Waals surface area contributed by atoms with E-state index in [-0.39, 0.29) is 0 Å². The van der Waals surface area contributed by atoms with Crippen molar-refractivity contribution in [1.29, 1.82) is 0 Å². The number of carbonyl (C=O) groups excluding carboxylic acids is 4. The van der Waals surface area contributed by atoms with Crippen LogP contribution in [0.3, 0.4) is 0 Å². The van der Waals surface area contributed by atoms with Crippen molar-refractivity contribution < 1.29 is 28.7 Å². The molecule has 0 fully saturated rings. The van der Waals surface area contributed by atoms with Crippen LogP contribution in [-0.4, -0.2) is 23.6 Å². The lowest BCUT2D eigenvalue weighted by molar-refractivity contribution is -0.124. The molecule has 0 aromatic heterocycles. The molecule has 8 heteroatoms. The van der Waals surface area contributed by atoms with Crippen LogP contribution in [0.5, 0.6) is 23.0 Å². The summed E-state index contributed by atoms with van der Waals surface area (Å²) in [6.45, 7) is 0. The maximum absolute atomic E-state index is 11.8. The van der Waals surface area contributed by atoms with Gasteiger partial charge in [-0.2, -0.15) is 0 Å². The van der Waals surface area contributed by atoms with Gasteiger partial charge in [0.15, 0.2) is 0 Å². The lowest BCUT2D eigenvalue weighted by atomic mass is 10.1. The predicted molar refractivity (Wildman–Crippen MR) is 122 cm³/mol. The van der Waals surface area contributed by atoms with Crippen LogP contribution in [0.2, 0.25) is 0 Å². The minimum atomic E-state index is -0.423. The molecule has 3 aromatic rings. The molecular weight excluding hydrogens is 436 g/mol. The zero-order valence-electron chi connectivity index (χ0n) is 17.5. The highest BCUT2D eigenvalue weighted by Crippen LogP contribution is 2.29. The third kappa shape index (κ3) is 4.33. The lowest BCUT2D eigenvalue weighted by Crippen LogP contribution is -2.21. The van der Waals surface area contributed by atoms with Crippen LogP contribution in [-0.2, 0) is 19.2 Å². The summed E-state index contributed by atoms with van der Waals surface area (Å²) in [5.41, 5.74) is 1.90. The van der Waals surface area contributed by atoms with E-state index in [4.69, 9.17) is 9.47 Å². The van der Waals surface area contributed by atoms with Crippen molar-refractivity contribution in [1.82, 2.24) is 10.6 Å². The molecule has 3 aromatic carbocycles. The maximum atomic E-state index is 11.8. The van der Waals surface area contributed by atoms with Crippen LogP contribution in [0, 0.1) is 0 Å². The molecule has 4 amide bonds. The van der Waals surface area contributed by atoms with E-state index in [1.165, 1.54) is 12.2 Å². The Balaban J connectivity index is 1.21. The van der Waals surface area contributed by atoms with Gasteiger partial charge < -0.3 is 9.47 Å². The minimum Gasteiger partial charge on any atom is -0.457 e. The van der Waals surface area contributed by atoms with Gasteiger partial charge in [0, 0.05) is 12.2 Å². The Labute approximate surface area is 193 Å². The molecule has 0 radical (unpaired) electrons. The van der Waals surface area contributed by atoms with Crippen molar-refractivity contribution in [3.63, 3.8) is 0 Å². The summed E-state index contributed by atoms with van der Waals surface area (Å²) in [6.07, 6.45) is 2.54. The smallest absolute Gasteiger partial charge is 0.258 e. The van der Waals surface area contributed by atoms with E-state index in [9.17, 15) is 19.2 Å². The van der Waals surface area contributed by atoms with E-state index in [2.05, 4.69) is 10.6 Å². The molecule has 2 aliphatic heterocycles. The van der Waals surface area contributed by atoms with Crippen LogP contribution in [0.1, 0.15) is 11.1 Å². The third-order valence-corrected chi connectivity index (χ3v) is 5.14. The van der Waals surface area contributed by atoms with Gasteiger partial charge in [-0.3, -0.25) is 29.8 Å². The lowest BCUT2D eigenvalue weighted by Gasteiger charge is -2.09. The summed E-state index contributed by atoms with van der Waals surface area (Å²) in [4.78, 5) is 46.1. The van der Waals surface area contributed by atoms with Crippen LogP contribution < -0.4 is 20.1 Å². The number of benzene rings is 3. The molecule has 0 unspecified atom stereocenters. The normalized spacial score (nSPS) is 14.9. The van der Waals surface area contributed by atoms with Gasteiger partial charge >= 0.3 is 0 Å². The number of rotatable bonds is 6. The molecular formula is C26H16N2O6. The van der Waals surface area contributed by atoms with Crippen LogP contribution in [0.15, 0.2) is 84.9 Å². The first-order chi connectivity index (χ1) is 16.4. The first-order valence-corrected chi connectivity index (χ1v) is 10.3. The van der Waals surface area contributed by atoms with Gasteiger partial charge in [0.25, 0.3) is 23.6 Å². The van der Waals surface area contributed by atoms with E-state index in [0.717, 1.165) is 0 Å². The second kappa shape index (κ2) is 8.51. The Bertz CT molecular complexity index is 1280. The molecule has 166 valence electrons. The molecule has 2 aliphatic rings. The largest absolute Gasteiger partial charge is 0.457 e. The molecule has 2 N–H and O–H groups in total. The van der Waals surface area contributed by atoms with Crippen molar-refractivity contribution in [2.75, 3.05) is 0 Å². The molecule has 0 aliphatic carbocycles. The second-order valence-electron chi connectivity index (χ2n) is 7.48. The Morgan fingerprint density at radius 2 is 0.735 bits per heavy atom. The van der Waals surface area contributed by atoms with Crippen molar-refractivity contribution in [3.8, 4) is 23.0 Å². The maximum Gasteiger partial charge on any atom is 0.258 e. The molecule has 5 rings (SSSR count). The molecule has 34 heavy (non-hydrogen) atoms. The zero-order chi connectivity index (χ0) is 23.7. The summed E-state index contributed by atoms with van der Waals surface area (Å²) in [5, 5.41) is 4.43. The van der Waals surface area contributed by atoms with Gasteiger partial charge in [-0.05, 0) is 59.7 Å². The number of imide groups is 2. The highest BCUT2D eigenvalue weighted by Gasteiger charge is 2.22. The van der Waals surface area contributed by atoms with E-state index in [1.807, 2.05) is 0 Å². The Kier molecular flexibility index (Phi) is 5.23. The quantitative estimate of drug-likeness (QED) is 0.555. The summed E-state index contributed by atoms with van der Waals surface area (Å²) < 4.78 is 11.7. The average molecular weight is 452 g/mol. The van der Waals surface area contributed by atoms with E-state index in [0.29, 0.717) is 45.3 Å². The highest BCUT2D eigenvalue weighted by molar-refractivity contribution is 6.34. The molecule has 8 nitrogen and oxygen atoms in total. The Hall–Kier alpha value is -4.98. The summed E-state index contributed by atoms with van der Waals surface area (Å²) in [5.74, 6) is 0.645. The van der Waals surface area contributed by atoms with E-state index in [1.54, 1.807) is 72.8 Å². The molecule has 0 spiro atoms. The number of nitrogens with one attached hydrogen (secondary N) is 2. The first kappa shape index (κ1) is 20.9. The van der Waals surface area contributed by atoms with Crippen LogP contribution >= 0.6 is 0 Å². The summed E-state index contributed by atoms with van der Waals surface area (Å²) >= 11 is 0. The average Bonchev–Trinajstić information content (AvgIpc) is 3.35. The predicted octanol–water partition coefficient (Wildman–Crippen LogP) is 3.35. The standard InChI is InChI=1S/C26H16N2O6/c29-23-13-21(25(31)27-23)15-1-5-17(6-2-15)33-19-9-11-20(12-10-19)34-18-7-3-16(4-8-18)22-14-24(30)28-26(22)32/h1-14H,(H,27,29,31)(H,28,30,32). The second-order valence-corrected chi connectivity index (χ2v) is 7.48. The van der Waals surface area contributed by atoms with Crippen LogP contribution in [0.4, 0.5) is 0 Å². The number of carbonyl (C=O) groups is 4. The fraction of sp³-hybridized carbons (Fsp3) is 0.